The number of hydrogen-bond donors (Lipinski definition) is 0. The van der Waals surface area contributed by atoms with Crippen molar-refractivity contribution >= 4 is 22.5 Å². The average Bonchev–Trinajstić information content (AvgIpc) is 2.27. The number of rotatable bonds is 2. The van der Waals surface area contributed by atoms with Gasteiger partial charge in [0.25, 0.3) is 0 Å². The SMILES string of the molecule is COc1ccc2cc(CCl)cnc2c1. The number of hydrogen-bond acceptors (Lipinski definition) is 2. The lowest BCUT2D eigenvalue weighted by Gasteiger charge is -2.02. The Morgan fingerprint density at radius 1 is 1.36 bits per heavy atom. The number of pyridine rings is 1. The lowest BCUT2D eigenvalue weighted by atomic mass is 10.2. The van der Waals surface area contributed by atoms with Crippen molar-refractivity contribution in [3.63, 3.8) is 0 Å². The molecule has 0 aliphatic carbocycles. The molecule has 3 heteroatoms. The zero-order valence-electron chi connectivity index (χ0n) is 7.83. The Labute approximate surface area is 87.5 Å². The third kappa shape index (κ3) is 1.66. The van der Waals surface area contributed by atoms with Crippen molar-refractivity contribution in [1.29, 1.82) is 0 Å². The van der Waals surface area contributed by atoms with Gasteiger partial charge < -0.3 is 4.74 Å². The second kappa shape index (κ2) is 3.84. The minimum atomic E-state index is 0.495. The van der Waals surface area contributed by atoms with Gasteiger partial charge in [0.15, 0.2) is 0 Å². The fourth-order valence-electron chi connectivity index (χ4n) is 1.35. The van der Waals surface area contributed by atoms with Crippen LogP contribution in [-0.2, 0) is 5.88 Å². The van der Waals surface area contributed by atoms with E-state index in [1.807, 2.05) is 24.3 Å². The maximum Gasteiger partial charge on any atom is 0.121 e. The molecule has 0 fully saturated rings. The van der Waals surface area contributed by atoms with E-state index < -0.39 is 0 Å². The van der Waals surface area contributed by atoms with Gasteiger partial charge in [-0.05, 0) is 23.8 Å². The summed E-state index contributed by atoms with van der Waals surface area (Å²) in [5.41, 5.74) is 1.96. The van der Waals surface area contributed by atoms with E-state index in [2.05, 4.69) is 4.98 Å². The van der Waals surface area contributed by atoms with Gasteiger partial charge >= 0.3 is 0 Å². The van der Waals surface area contributed by atoms with Gasteiger partial charge in [0.05, 0.1) is 12.6 Å². The first-order valence-corrected chi connectivity index (χ1v) is 4.85. The molecule has 2 aromatic rings. The van der Waals surface area contributed by atoms with Gasteiger partial charge in [-0.3, -0.25) is 4.98 Å². The Hall–Kier alpha value is -1.28. The summed E-state index contributed by atoms with van der Waals surface area (Å²) in [6, 6.07) is 7.85. The van der Waals surface area contributed by atoms with Crippen molar-refractivity contribution in [2.45, 2.75) is 5.88 Å². The topological polar surface area (TPSA) is 22.1 Å². The molecule has 1 aromatic heterocycles. The maximum absolute atomic E-state index is 5.72. The molecule has 0 atom stereocenters. The Bertz CT molecular complexity index is 413. The highest BCUT2D eigenvalue weighted by Crippen LogP contribution is 2.20. The fraction of sp³-hybridized carbons (Fsp3) is 0.182. The van der Waals surface area contributed by atoms with Crippen LogP contribution in [0.25, 0.3) is 10.9 Å². The Morgan fingerprint density at radius 2 is 2.21 bits per heavy atom. The van der Waals surface area contributed by atoms with Gasteiger partial charge in [0.1, 0.15) is 5.75 Å². The Kier molecular flexibility index (Phi) is 2.55. The molecule has 1 aromatic carbocycles. The second-order valence-electron chi connectivity index (χ2n) is 3.04. The van der Waals surface area contributed by atoms with Crippen molar-refractivity contribution in [2.24, 2.45) is 0 Å². The molecule has 0 unspecified atom stereocenters. The summed E-state index contributed by atoms with van der Waals surface area (Å²) < 4.78 is 5.11. The summed E-state index contributed by atoms with van der Waals surface area (Å²) in [5, 5.41) is 1.09. The smallest absolute Gasteiger partial charge is 0.121 e. The molecule has 0 radical (unpaired) electrons. The summed E-state index contributed by atoms with van der Waals surface area (Å²) in [6.07, 6.45) is 1.79. The Morgan fingerprint density at radius 3 is 2.93 bits per heavy atom. The van der Waals surface area contributed by atoms with Crippen LogP contribution in [0, 0.1) is 0 Å². The molecule has 1 heterocycles. The third-order valence-electron chi connectivity index (χ3n) is 2.10. The molecule has 0 N–H and O–H groups in total. The quantitative estimate of drug-likeness (QED) is 0.707. The van der Waals surface area contributed by atoms with Crippen LogP contribution < -0.4 is 4.74 Å². The third-order valence-corrected chi connectivity index (χ3v) is 2.41. The zero-order valence-corrected chi connectivity index (χ0v) is 8.58. The summed E-state index contributed by atoms with van der Waals surface area (Å²) >= 11 is 5.72. The molecular weight excluding hydrogens is 198 g/mol. The molecule has 14 heavy (non-hydrogen) atoms. The maximum atomic E-state index is 5.72. The predicted octanol–water partition coefficient (Wildman–Crippen LogP) is 2.98. The fourth-order valence-corrected chi connectivity index (χ4v) is 1.49. The van der Waals surface area contributed by atoms with Crippen molar-refractivity contribution in [3.8, 4) is 5.75 Å². The molecule has 0 saturated carbocycles. The molecule has 0 amide bonds. The second-order valence-corrected chi connectivity index (χ2v) is 3.30. The van der Waals surface area contributed by atoms with E-state index in [9.17, 15) is 0 Å². The number of alkyl halides is 1. The molecule has 0 spiro atoms. The van der Waals surface area contributed by atoms with Crippen molar-refractivity contribution in [2.75, 3.05) is 7.11 Å². The summed E-state index contributed by atoms with van der Waals surface area (Å²) in [4.78, 5) is 4.30. The number of methoxy groups -OCH3 is 1. The highest BCUT2D eigenvalue weighted by atomic mass is 35.5. The van der Waals surface area contributed by atoms with Gasteiger partial charge in [0, 0.05) is 23.5 Å². The standard InChI is InChI=1S/C11H10ClNO/c1-14-10-3-2-9-4-8(6-12)7-13-11(9)5-10/h2-5,7H,6H2,1H3. The van der Waals surface area contributed by atoms with Crippen molar-refractivity contribution < 1.29 is 4.74 Å². The van der Waals surface area contributed by atoms with Crippen LogP contribution in [-0.4, -0.2) is 12.1 Å². The molecule has 0 aliphatic rings. The highest BCUT2D eigenvalue weighted by Gasteiger charge is 1.98. The normalized spacial score (nSPS) is 10.4. The van der Waals surface area contributed by atoms with Crippen LogP contribution >= 0.6 is 11.6 Å². The number of fused-ring (bicyclic) bond motifs is 1. The van der Waals surface area contributed by atoms with Gasteiger partial charge in [-0.15, -0.1) is 11.6 Å². The first-order chi connectivity index (χ1) is 6.83. The van der Waals surface area contributed by atoms with Gasteiger partial charge in [-0.1, -0.05) is 0 Å². The summed E-state index contributed by atoms with van der Waals surface area (Å²) in [6.45, 7) is 0. The predicted molar refractivity (Wildman–Crippen MR) is 57.9 cm³/mol. The minimum Gasteiger partial charge on any atom is -0.497 e. The Balaban J connectivity index is 2.57. The van der Waals surface area contributed by atoms with Gasteiger partial charge in [-0.25, -0.2) is 0 Å². The van der Waals surface area contributed by atoms with E-state index in [1.54, 1.807) is 13.3 Å². The first-order valence-electron chi connectivity index (χ1n) is 4.32. The van der Waals surface area contributed by atoms with Gasteiger partial charge in [-0.2, -0.15) is 0 Å². The van der Waals surface area contributed by atoms with E-state index >= 15 is 0 Å². The lowest BCUT2D eigenvalue weighted by molar-refractivity contribution is 0.415. The molecular formula is C11H10ClNO. The highest BCUT2D eigenvalue weighted by molar-refractivity contribution is 6.17. The number of halogens is 1. The van der Waals surface area contributed by atoms with E-state index in [-0.39, 0.29) is 0 Å². The van der Waals surface area contributed by atoms with E-state index in [0.717, 1.165) is 22.2 Å². The van der Waals surface area contributed by atoms with Crippen LogP contribution in [0.1, 0.15) is 5.56 Å². The summed E-state index contributed by atoms with van der Waals surface area (Å²) in [7, 11) is 1.65. The van der Waals surface area contributed by atoms with Gasteiger partial charge in [0.2, 0.25) is 0 Å². The molecule has 0 saturated heterocycles. The first kappa shape index (κ1) is 9.28. The molecule has 72 valence electrons. The largest absolute Gasteiger partial charge is 0.497 e. The molecule has 0 aliphatic heterocycles. The van der Waals surface area contributed by atoms with Crippen LogP contribution in [0.15, 0.2) is 30.5 Å². The van der Waals surface area contributed by atoms with E-state index in [0.29, 0.717) is 5.88 Å². The summed E-state index contributed by atoms with van der Waals surface area (Å²) in [5.74, 6) is 1.32. The van der Waals surface area contributed by atoms with Crippen LogP contribution in [0.3, 0.4) is 0 Å². The number of aromatic nitrogens is 1. The number of nitrogens with zero attached hydrogens (tertiary/aromatic N) is 1. The zero-order chi connectivity index (χ0) is 9.97. The van der Waals surface area contributed by atoms with E-state index in [1.165, 1.54) is 0 Å². The average molecular weight is 208 g/mol. The van der Waals surface area contributed by atoms with Crippen molar-refractivity contribution in [3.05, 3.63) is 36.0 Å². The van der Waals surface area contributed by atoms with Crippen molar-refractivity contribution in [1.82, 2.24) is 4.98 Å². The molecule has 2 rings (SSSR count). The number of ether oxygens (including phenoxy) is 1. The number of benzene rings is 1. The minimum absolute atomic E-state index is 0.495. The molecule has 0 bridgehead atoms. The van der Waals surface area contributed by atoms with E-state index in [4.69, 9.17) is 16.3 Å². The van der Waals surface area contributed by atoms with Crippen LogP contribution in [0.4, 0.5) is 0 Å². The monoisotopic (exact) mass is 207 g/mol. The van der Waals surface area contributed by atoms with Crippen LogP contribution in [0.2, 0.25) is 0 Å². The van der Waals surface area contributed by atoms with Crippen LogP contribution in [0.5, 0.6) is 5.75 Å². The lowest BCUT2D eigenvalue weighted by Crippen LogP contribution is -1.86. The molecule has 2 nitrogen and oxygen atoms in total.